The van der Waals surface area contributed by atoms with Gasteiger partial charge in [-0.25, -0.2) is 0 Å². The number of aryl methyl sites for hydroxylation is 1. The summed E-state index contributed by atoms with van der Waals surface area (Å²) in [6.45, 7) is 6.70. The molecule has 0 saturated heterocycles. The zero-order valence-electron chi connectivity index (χ0n) is 16.5. The Labute approximate surface area is 171 Å². The van der Waals surface area contributed by atoms with Gasteiger partial charge in [-0.15, -0.1) is 11.8 Å². The number of anilines is 2. The Hall–Kier alpha value is -2.47. The lowest BCUT2D eigenvalue weighted by atomic mass is 10.2. The average molecular weight is 398 g/mol. The van der Waals surface area contributed by atoms with Gasteiger partial charge in [0.1, 0.15) is 6.54 Å². The summed E-state index contributed by atoms with van der Waals surface area (Å²) in [4.78, 5) is 29.6. The van der Waals surface area contributed by atoms with Crippen LogP contribution in [-0.2, 0) is 9.59 Å². The molecule has 0 bridgehead atoms. The third-order valence-electron chi connectivity index (χ3n) is 4.79. The lowest BCUT2D eigenvalue weighted by Gasteiger charge is -2.28. The van der Waals surface area contributed by atoms with Gasteiger partial charge in [0.05, 0.1) is 11.4 Å². The summed E-state index contributed by atoms with van der Waals surface area (Å²) in [5.41, 5.74) is 3.28. The van der Waals surface area contributed by atoms with Crippen LogP contribution in [0.15, 0.2) is 53.4 Å². The van der Waals surface area contributed by atoms with Crippen LogP contribution in [0, 0.1) is 6.92 Å². The smallest absolute Gasteiger partial charge is 0.240 e. The second kappa shape index (κ2) is 9.64. The van der Waals surface area contributed by atoms with E-state index in [9.17, 15) is 9.59 Å². The molecule has 0 radical (unpaired) electrons. The van der Waals surface area contributed by atoms with Gasteiger partial charge < -0.3 is 15.1 Å². The van der Waals surface area contributed by atoms with Crippen LogP contribution in [0.5, 0.6) is 0 Å². The zero-order chi connectivity index (χ0) is 19.9. The number of hydrogen-bond donors (Lipinski definition) is 1. The van der Waals surface area contributed by atoms with Crippen molar-refractivity contribution < 1.29 is 9.59 Å². The van der Waals surface area contributed by atoms with E-state index in [0.29, 0.717) is 12.3 Å². The predicted octanol–water partition coefficient (Wildman–Crippen LogP) is 3.47. The first kappa shape index (κ1) is 20.3. The summed E-state index contributed by atoms with van der Waals surface area (Å²) < 4.78 is 0. The first-order valence-corrected chi connectivity index (χ1v) is 10.7. The van der Waals surface area contributed by atoms with Crippen molar-refractivity contribution in [1.82, 2.24) is 5.32 Å². The van der Waals surface area contributed by atoms with Gasteiger partial charge in [0.25, 0.3) is 0 Å². The van der Waals surface area contributed by atoms with E-state index >= 15 is 0 Å². The van der Waals surface area contributed by atoms with Gasteiger partial charge in [0, 0.05) is 30.2 Å². The van der Waals surface area contributed by atoms with E-state index in [1.807, 2.05) is 24.3 Å². The number of carbonyl (C=O) groups is 2. The van der Waals surface area contributed by atoms with Crippen molar-refractivity contribution in [1.29, 1.82) is 0 Å². The second-order valence-electron chi connectivity index (χ2n) is 6.86. The second-order valence-corrected chi connectivity index (χ2v) is 7.88. The number of rotatable bonds is 8. The van der Waals surface area contributed by atoms with Gasteiger partial charge in [-0.1, -0.05) is 24.3 Å². The van der Waals surface area contributed by atoms with Crippen molar-refractivity contribution in [3.05, 3.63) is 54.1 Å². The molecule has 2 aromatic rings. The van der Waals surface area contributed by atoms with Gasteiger partial charge in [0.2, 0.25) is 11.8 Å². The molecule has 2 aromatic carbocycles. The molecule has 0 aromatic heterocycles. The zero-order valence-corrected chi connectivity index (χ0v) is 17.3. The third kappa shape index (κ3) is 5.07. The molecule has 0 fully saturated rings. The van der Waals surface area contributed by atoms with Crippen molar-refractivity contribution in [3.8, 4) is 0 Å². The Morgan fingerprint density at radius 1 is 1.21 bits per heavy atom. The minimum atomic E-state index is -0.117. The number of amides is 2. The molecule has 1 N–H and O–H groups in total. The summed E-state index contributed by atoms with van der Waals surface area (Å²) in [5, 5.41) is 2.96. The van der Waals surface area contributed by atoms with Gasteiger partial charge in [-0.3, -0.25) is 9.59 Å². The highest BCUT2D eigenvalue weighted by molar-refractivity contribution is 8.00. The van der Waals surface area contributed by atoms with Crippen LogP contribution in [0.1, 0.15) is 18.9 Å². The molecular formula is C22H27N3O2S. The van der Waals surface area contributed by atoms with Gasteiger partial charge in [0.15, 0.2) is 0 Å². The van der Waals surface area contributed by atoms with Crippen molar-refractivity contribution in [3.63, 3.8) is 0 Å². The number of nitrogens with zero attached hydrogens (tertiary/aromatic N) is 2. The maximum Gasteiger partial charge on any atom is 0.240 e. The molecular weight excluding hydrogens is 370 g/mol. The van der Waals surface area contributed by atoms with E-state index in [4.69, 9.17) is 0 Å². The van der Waals surface area contributed by atoms with Gasteiger partial charge in [-0.05, 0) is 50.1 Å². The minimum Gasteiger partial charge on any atom is -0.372 e. The summed E-state index contributed by atoms with van der Waals surface area (Å²) in [6, 6.07) is 16.2. The number of carbonyl (C=O) groups excluding carboxylic acids is 2. The van der Waals surface area contributed by atoms with Crippen LogP contribution < -0.4 is 15.1 Å². The Balaban J connectivity index is 1.48. The Bertz CT molecular complexity index is 840. The van der Waals surface area contributed by atoms with E-state index in [2.05, 4.69) is 48.3 Å². The highest BCUT2D eigenvalue weighted by Gasteiger charge is 2.25. The molecule has 28 heavy (non-hydrogen) atoms. The highest BCUT2D eigenvalue weighted by atomic mass is 32.2. The molecule has 6 heteroatoms. The van der Waals surface area contributed by atoms with Crippen molar-refractivity contribution in [2.24, 2.45) is 0 Å². The normalized spacial score (nSPS) is 13.2. The van der Waals surface area contributed by atoms with E-state index in [1.165, 1.54) is 23.0 Å². The van der Waals surface area contributed by atoms with Crippen LogP contribution in [0.25, 0.3) is 0 Å². The summed E-state index contributed by atoms with van der Waals surface area (Å²) in [5.74, 6) is 0.246. The highest BCUT2D eigenvalue weighted by Crippen LogP contribution is 2.34. The fourth-order valence-electron chi connectivity index (χ4n) is 3.32. The lowest BCUT2D eigenvalue weighted by molar-refractivity contribution is -0.122. The molecule has 3 rings (SSSR count). The van der Waals surface area contributed by atoms with Gasteiger partial charge >= 0.3 is 0 Å². The molecule has 0 saturated carbocycles. The standard InChI is InChI=1S/C22H27N3O2S/c1-3-24(18-9-6-8-17(2)14-18)13-7-12-23-21(26)15-25-19-10-4-5-11-20(19)28-16-22(25)27/h4-6,8-11,14H,3,7,12-13,15-16H2,1-2H3,(H,23,26). The van der Waals surface area contributed by atoms with Crippen LogP contribution in [0.3, 0.4) is 0 Å². The first-order chi connectivity index (χ1) is 13.6. The van der Waals surface area contributed by atoms with Crippen LogP contribution in [0.4, 0.5) is 11.4 Å². The fourth-order valence-corrected chi connectivity index (χ4v) is 4.25. The van der Waals surface area contributed by atoms with Gasteiger partial charge in [-0.2, -0.15) is 0 Å². The number of hydrogen-bond acceptors (Lipinski definition) is 4. The van der Waals surface area contributed by atoms with Crippen LogP contribution >= 0.6 is 11.8 Å². The molecule has 0 aliphatic carbocycles. The molecule has 5 nitrogen and oxygen atoms in total. The SMILES string of the molecule is CCN(CCCNC(=O)CN1C(=O)CSc2ccccc21)c1cccc(C)c1. The Kier molecular flexibility index (Phi) is 6.98. The number of para-hydroxylation sites is 1. The van der Waals surface area contributed by atoms with Crippen LogP contribution in [-0.4, -0.2) is 43.7 Å². The summed E-state index contributed by atoms with van der Waals surface area (Å²) >= 11 is 1.53. The molecule has 0 unspecified atom stereocenters. The van der Waals surface area contributed by atoms with Crippen molar-refractivity contribution in [2.75, 3.05) is 41.7 Å². The maximum atomic E-state index is 12.4. The van der Waals surface area contributed by atoms with Crippen molar-refractivity contribution >= 4 is 35.0 Å². The number of thioether (sulfide) groups is 1. The molecule has 0 spiro atoms. The van der Waals surface area contributed by atoms with E-state index in [1.54, 1.807) is 4.90 Å². The molecule has 1 aliphatic rings. The molecule has 148 valence electrons. The third-order valence-corrected chi connectivity index (χ3v) is 5.83. The number of nitrogens with one attached hydrogen (secondary N) is 1. The van der Waals surface area contributed by atoms with E-state index in [-0.39, 0.29) is 18.4 Å². The van der Waals surface area contributed by atoms with E-state index < -0.39 is 0 Å². The summed E-state index contributed by atoms with van der Waals surface area (Å²) in [7, 11) is 0. The largest absolute Gasteiger partial charge is 0.372 e. The number of benzene rings is 2. The predicted molar refractivity (Wildman–Crippen MR) is 116 cm³/mol. The fraction of sp³-hybridized carbons (Fsp3) is 0.364. The molecule has 1 aliphatic heterocycles. The van der Waals surface area contributed by atoms with Crippen LogP contribution in [0.2, 0.25) is 0 Å². The molecule has 0 atom stereocenters. The summed E-state index contributed by atoms with van der Waals surface area (Å²) in [6.07, 6.45) is 0.855. The Morgan fingerprint density at radius 3 is 2.82 bits per heavy atom. The minimum absolute atomic E-state index is 0.0181. The Morgan fingerprint density at radius 2 is 2.04 bits per heavy atom. The maximum absolute atomic E-state index is 12.4. The molecule has 1 heterocycles. The van der Waals surface area contributed by atoms with Crippen molar-refractivity contribution in [2.45, 2.75) is 25.2 Å². The first-order valence-electron chi connectivity index (χ1n) is 9.69. The average Bonchev–Trinajstić information content (AvgIpc) is 2.70. The molecule has 2 amide bonds. The topological polar surface area (TPSA) is 52.7 Å². The number of fused-ring (bicyclic) bond motifs is 1. The lowest BCUT2D eigenvalue weighted by Crippen LogP contribution is -2.43. The van der Waals surface area contributed by atoms with E-state index in [0.717, 1.165) is 30.1 Å². The quantitative estimate of drug-likeness (QED) is 0.693. The monoisotopic (exact) mass is 397 g/mol.